The molecule has 4 nitrogen and oxygen atoms in total. The molecule has 4 heteroatoms. The van der Waals surface area contributed by atoms with Crippen LogP contribution in [0.4, 0.5) is 5.69 Å². The molecule has 1 N–H and O–H groups in total. The predicted molar refractivity (Wildman–Crippen MR) is 80.8 cm³/mol. The van der Waals surface area contributed by atoms with E-state index in [1.807, 2.05) is 25.1 Å². The molecule has 0 spiro atoms. The highest BCUT2D eigenvalue weighted by Crippen LogP contribution is 2.31. The van der Waals surface area contributed by atoms with E-state index in [0.29, 0.717) is 18.8 Å². The number of anilines is 1. The van der Waals surface area contributed by atoms with Gasteiger partial charge in [0.25, 0.3) is 0 Å². The third-order valence-electron chi connectivity index (χ3n) is 3.84. The van der Waals surface area contributed by atoms with Gasteiger partial charge in [0.1, 0.15) is 0 Å². The summed E-state index contributed by atoms with van der Waals surface area (Å²) in [4.78, 5) is 0. The van der Waals surface area contributed by atoms with E-state index in [1.165, 1.54) is 0 Å². The Labute approximate surface area is 121 Å². The van der Waals surface area contributed by atoms with E-state index in [1.54, 1.807) is 14.2 Å². The first kappa shape index (κ1) is 15.0. The van der Waals surface area contributed by atoms with Crippen molar-refractivity contribution in [3.63, 3.8) is 0 Å². The molecule has 1 saturated carbocycles. The number of rotatable bonds is 6. The topological polar surface area (TPSA) is 39.7 Å². The van der Waals surface area contributed by atoms with Gasteiger partial charge < -0.3 is 19.5 Å². The van der Waals surface area contributed by atoms with Crippen molar-refractivity contribution >= 4 is 5.69 Å². The van der Waals surface area contributed by atoms with Crippen molar-refractivity contribution in [2.45, 2.75) is 44.8 Å². The molecule has 0 atom stereocenters. The van der Waals surface area contributed by atoms with Crippen molar-refractivity contribution in [2.75, 3.05) is 26.1 Å². The normalized spacial score (nSPS) is 22.4. The summed E-state index contributed by atoms with van der Waals surface area (Å²) in [6.45, 7) is 2.62. The summed E-state index contributed by atoms with van der Waals surface area (Å²) in [5, 5.41) is 3.58. The minimum Gasteiger partial charge on any atom is -0.493 e. The summed E-state index contributed by atoms with van der Waals surface area (Å²) in [7, 11) is 3.47. The number of hydrogen-bond donors (Lipinski definition) is 1. The average molecular weight is 279 g/mol. The Morgan fingerprint density at radius 3 is 2.45 bits per heavy atom. The second kappa shape index (κ2) is 7.39. The van der Waals surface area contributed by atoms with Gasteiger partial charge in [-0.1, -0.05) is 0 Å². The summed E-state index contributed by atoms with van der Waals surface area (Å²) in [6.07, 6.45) is 4.98. The fraction of sp³-hybridized carbons (Fsp3) is 0.625. The third kappa shape index (κ3) is 3.79. The highest BCUT2D eigenvalue weighted by molar-refractivity contribution is 5.55. The van der Waals surface area contributed by atoms with Crippen LogP contribution in [0, 0.1) is 0 Å². The smallest absolute Gasteiger partial charge is 0.163 e. The molecule has 0 heterocycles. The summed E-state index contributed by atoms with van der Waals surface area (Å²) in [5.41, 5.74) is 1.09. The lowest BCUT2D eigenvalue weighted by Crippen LogP contribution is -2.29. The van der Waals surface area contributed by atoms with Crippen molar-refractivity contribution in [3.05, 3.63) is 18.2 Å². The van der Waals surface area contributed by atoms with Crippen molar-refractivity contribution < 1.29 is 14.2 Å². The predicted octanol–water partition coefficient (Wildman–Crippen LogP) is 3.46. The quantitative estimate of drug-likeness (QED) is 0.865. The molecule has 112 valence electrons. The Morgan fingerprint density at radius 2 is 1.85 bits per heavy atom. The van der Waals surface area contributed by atoms with E-state index in [4.69, 9.17) is 14.2 Å². The Hall–Kier alpha value is -1.42. The molecule has 1 aromatic rings. The minimum absolute atomic E-state index is 0.433. The largest absolute Gasteiger partial charge is 0.493 e. The van der Waals surface area contributed by atoms with Crippen LogP contribution in [0.1, 0.15) is 32.6 Å². The van der Waals surface area contributed by atoms with Crippen LogP contribution >= 0.6 is 0 Å². The molecule has 0 aromatic heterocycles. The van der Waals surface area contributed by atoms with Crippen LogP contribution in [-0.2, 0) is 4.74 Å². The Kier molecular flexibility index (Phi) is 5.53. The summed E-state index contributed by atoms with van der Waals surface area (Å²) in [5.74, 6) is 1.58. The van der Waals surface area contributed by atoms with E-state index in [2.05, 4.69) is 5.32 Å². The van der Waals surface area contributed by atoms with Crippen molar-refractivity contribution in [3.8, 4) is 11.5 Å². The SMILES string of the molecule is CCOc1cc(NC2CCC(OC)CC2)ccc1OC. The van der Waals surface area contributed by atoms with E-state index < -0.39 is 0 Å². The van der Waals surface area contributed by atoms with Crippen LogP contribution in [-0.4, -0.2) is 33.0 Å². The number of ether oxygens (including phenoxy) is 3. The van der Waals surface area contributed by atoms with Gasteiger partial charge in [0.05, 0.1) is 19.8 Å². The lowest BCUT2D eigenvalue weighted by Gasteiger charge is -2.29. The van der Waals surface area contributed by atoms with Crippen molar-refractivity contribution in [1.82, 2.24) is 0 Å². The molecule has 0 amide bonds. The first-order valence-electron chi connectivity index (χ1n) is 7.37. The van der Waals surface area contributed by atoms with Gasteiger partial charge in [-0.05, 0) is 44.7 Å². The van der Waals surface area contributed by atoms with Crippen LogP contribution in [0.5, 0.6) is 11.5 Å². The highest BCUT2D eigenvalue weighted by atomic mass is 16.5. The maximum atomic E-state index is 5.61. The van der Waals surface area contributed by atoms with Crippen LogP contribution in [0.15, 0.2) is 18.2 Å². The first-order valence-corrected chi connectivity index (χ1v) is 7.37. The van der Waals surface area contributed by atoms with Gasteiger partial charge in [0.15, 0.2) is 11.5 Å². The Bertz CT molecular complexity index is 414. The lowest BCUT2D eigenvalue weighted by atomic mass is 9.93. The zero-order valence-corrected chi connectivity index (χ0v) is 12.6. The van der Waals surface area contributed by atoms with Gasteiger partial charge in [0, 0.05) is 24.9 Å². The number of nitrogens with one attached hydrogen (secondary N) is 1. The fourth-order valence-corrected chi connectivity index (χ4v) is 2.71. The fourth-order valence-electron chi connectivity index (χ4n) is 2.71. The summed E-state index contributed by atoms with van der Waals surface area (Å²) in [6, 6.07) is 6.53. The molecule has 1 aliphatic rings. The summed E-state index contributed by atoms with van der Waals surface area (Å²) >= 11 is 0. The van der Waals surface area contributed by atoms with Crippen LogP contribution in [0.3, 0.4) is 0 Å². The van der Waals surface area contributed by atoms with Gasteiger partial charge in [0.2, 0.25) is 0 Å². The van der Waals surface area contributed by atoms with Gasteiger partial charge in [-0.25, -0.2) is 0 Å². The maximum absolute atomic E-state index is 5.61. The Balaban J connectivity index is 1.97. The molecule has 0 aliphatic heterocycles. The van der Waals surface area contributed by atoms with Crippen LogP contribution in [0.2, 0.25) is 0 Å². The van der Waals surface area contributed by atoms with Gasteiger partial charge >= 0.3 is 0 Å². The minimum atomic E-state index is 0.433. The third-order valence-corrected chi connectivity index (χ3v) is 3.84. The average Bonchev–Trinajstić information content (AvgIpc) is 2.49. The molecule has 0 unspecified atom stereocenters. The van der Waals surface area contributed by atoms with Gasteiger partial charge in [-0.2, -0.15) is 0 Å². The first-order chi connectivity index (χ1) is 9.76. The summed E-state index contributed by atoms with van der Waals surface area (Å²) < 4.78 is 16.3. The van der Waals surface area contributed by atoms with Crippen molar-refractivity contribution in [2.24, 2.45) is 0 Å². The number of methoxy groups -OCH3 is 2. The molecule has 0 bridgehead atoms. The second-order valence-electron chi connectivity index (χ2n) is 5.15. The number of benzene rings is 1. The molecule has 0 radical (unpaired) electrons. The maximum Gasteiger partial charge on any atom is 0.163 e. The second-order valence-corrected chi connectivity index (χ2v) is 5.15. The molecule has 2 rings (SSSR count). The molecule has 1 fully saturated rings. The van der Waals surface area contributed by atoms with E-state index >= 15 is 0 Å². The molecule has 20 heavy (non-hydrogen) atoms. The number of hydrogen-bond acceptors (Lipinski definition) is 4. The zero-order chi connectivity index (χ0) is 14.4. The molecule has 1 aromatic carbocycles. The van der Waals surface area contributed by atoms with E-state index in [9.17, 15) is 0 Å². The monoisotopic (exact) mass is 279 g/mol. The standard InChI is InChI=1S/C16H25NO3/c1-4-20-16-11-13(7-10-15(16)19-3)17-12-5-8-14(18-2)9-6-12/h7,10-12,14,17H,4-6,8-9H2,1-3H3. The van der Waals surface area contributed by atoms with Crippen molar-refractivity contribution in [1.29, 1.82) is 0 Å². The lowest BCUT2D eigenvalue weighted by molar-refractivity contribution is 0.0682. The van der Waals surface area contributed by atoms with Crippen LogP contribution < -0.4 is 14.8 Å². The van der Waals surface area contributed by atoms with E-state index in [-0.39, 0.29) is 0 Å². The highest BCUT2D eigenvalue weighted by Gasteiger charge is 2.20. The Morgan fingerprint density at radius 1 is 1.10 bits per heavy atom. The van der Waals surface area contributed by atoms with E-state index in [0.717, 1.165) is 42.9 Å². The van der Waals surface area contributed by atoms with Gasteiger partial charge in [-0.15, -0.1) is 0 Å². The molecular weight excluding hydrogens is 254 g/mol. The van der Waals surface area contributed by atoms with Gasteiger partial charge in [-0.3, -0.25) is 0 Å². The molecule has 1 aliphatic carbocycles. The van der Waals surface area contributed by atoms with Crippen LogP contribution in [0.25, 0.3) is 0 Å². The zero-order valence-electron chi connectivity index (χ0n) is 12.6. The molecule has 0 saturated heterocycles. The molecular formula is C16H25NO3.